The summed E-state index contributed by atoms with van der Waals surface area (Å²) in [7, 11) is 0. The molecular weight excluding hydrogens is 286 g/mol. The molecule has 0 aliphatic carbocycles. The van der Waals surface area contributed by atoms with Gasteiger partial charge in [0.15, 0.2) is 0 Å². The fourth-order valence-corrected chi connectivity index (χ4v) is 2.42. The average molecular weight is 311 g/mol. The maximum absolute atomic E-state index is 12.1. The molecule has 2 rings (SSSR count). The predicted octanol–water partition coefficient (Wildman–Crippen LogP) is 4.05. The lowest BCUT2D eigenvalue weighted by atomic mass is 9.86. The SMILES string of the molecule is CC(C)(C)c1ccc(CCC(=O)Nc2ccccc2CO)cc1. The number of carbonyl (C=O) groups excluding carboxylic acids is 1. The first kappa shape index (κ1) is 17.2. The van der Waals surface area contributed by atoms with E-state index in [0.29, 0.717) is 18.5 Å². The molecule has 0 aromatic heterocycles. The van der Waals surface area contributed by atoms with Crippen LogP contribution in [0.25, 0.3) is 0 Å². The summed E-state index contributed by atoms with van der Waals surface area (Å²) in [5.74, 6) is -0.0363. The van der Waals surface area contributed by atoms with Crippen LogP contribution in [0.5, 0.6) is 0 Å². The van der Waals surface area contributed by atoms with Crippen LogP contribution in [0.1, 0.15) is 43.9 Å². The van der Waals surface area contributed by atoms with Crippen molar-refractivity contribution in [3.05, 3.63) is 65.2 Å². The normalized spacial score (nSPS) is 11.3. The van der Waals surface area contributed by atoms with E-state index in [9.17, 15) is 9.90 Å². The number of aryl methyl sites for hydroxylation is 1. The molecular formula is C20H25NO2. The maximum Gasteiger partial charge on any atom is 0.224 e. The molecule has 3 nitrogen and oxygen atoms in total. The Hall–Kier alpha value is -2.13. The van der Waals surface area contributed by atoms with Crippen molar-refractivity contribution >= 4 is 11.6 Å². The summed E-state index contributed by atoms with van der Waals surface area (Å²) in [4.78, 5) is 12.1. The molecule has 2 aromatic rings. The maximum atomic E-state index is 12.1. The lowest BCUT2D eigenvalue weighted by Crippen LogP contribution is -2.14. The highest BCUT2D eigenvalue weighted by atomic mass is 16.3. The Balaban J connectivity index is 1.92. The molecule has 0 fully saturated rings. The Morgan fingerprint density at radius 1 is 1.04 bits per heavy atom. The van der Waals surface area contributed by atoms with E-state index in [1.54, 1.807) is 6.07 Å². The molecule has 0 heterocycles. The van der Waals surface area contributed by atoms with Gasteiger partial charge in [-0.1, -0.05) is 63.2 Å². The molecule has 0 saturated heterocycles. The van der Waals surface area contributed by atoms with E-state index >= 15 is 0 Å². The monoisotopic (exact) mass is 311 g/mol. The molecule has 0 unspecified atom stereocenters. The molecule has 2 N–H and O–H groups in total. The van der Waals surface area contributed by atoms with Gasteiger partial charge in [0.2, 0.25) is 5.91 Å². The van der Waals surface area contributed by atoms with E-state index in [0.717, 1.165) is 11.1 Å². The standard InChI is InChI=1S/C20H25NO2/c1-20(2,3)17-11-8-15(9-12-17)10-13-19(23)21-18-7-5-4-6-16(18)14-22/h4-9,11-12,22H,10,13-14H2,1-3H3,(H,21,23). The van der Waals surface area contributed by atoms with Crippen LogP contribution in [-0.2, 0) is 23.2 Å². The molecule has 0 saturated carbocycles. The molecule has 2 aromatic carbocycles. The summed E-state index contributed by atoms with van der Waals surface area (Å²) < 4.78 is 0. The highest BCUT2D eigenvalue weighted by Crippen LogP contribution is 2.22. The van der Waals surface area contributed by atoms with Gasteiger partial charge in [0.25, 0.3) is 0 Å². The van der Waals surface area contributed by atoms with Gasteiger partial charge < -0.3 is 10.4 Å². The summed E-state index contributed by atoms with van der Waals surface area (Å²) in [6.07, 6.45) is 1.13. The molecule has 0 aliphatic heterocycles. The zero-order valence-electron chi connectivity index (χ0n) is 14.1. The summed E-state index contributed by atoms with van der Waals surface area (Å²) >= 11 is 0. The van der Waals surface area contributed by atoms with Crippen molar-refractivity contribution in [1.82, 2.24) is 0 Å². The smallest absolute Gasteiger partial charge is 0.224 e. The first-order chi connectivity index (χ1) is 10.9. The van der Waals surface area contributed by atoms with Crippen molar-refractivity contribution in [1.29, 1.82) is 0 Å². The Bertz CT molecular complexity index is 654. The molecule has 3 heteroatoms. The summed E-state index contributed by atoms with van der Waals surface area (Å²) in [6, 6.07) is 15.8. The third-order valence-electron chi connectivity index (χ3n) is 3.92. The van der Waals surface area contributed by atoms with Crippen LogP contribution in [0.15, 0.2) is 48.5 Å². The van der Waals surface area contributed by atoms with Crippen LogP contribution in [0, 0.1) is 0 Å². The summed E-state index contributed by atoms with van der Waals surface area (Å²) in [6.45, 7) is 6.49. The minimum Gasteiger partial charge on any atom is -0.392 e. The number of aliphatic hydroxyl groups is 1. The van der Waals surface area contributed by atoms with Gasteiger partial charge in [0.1, 0.15) is 0 Å². The Labute approximate surface area is 138 Å². The van der Waals surface area contributed by atoms with E-state index in [1.165, 1.54) is 5.56 Å². The number of para-hydroxylation sites is 1. The fraction of sp³-hybridized carbons (Fsp3) is 0.350. The Morgan fingerprint density at radius 2 is 1.70 bits per heavy atom. The van der Waals surface area contributed by atoms with Gasteiger partial charge in [-0.05, 0) is 29.0 Å². The first-order valence-electron chi connectivity index (χ1n) is 7.98. The molecule has 1 amide bonds. The molecule has 0 atom stereocenters. The van der Waals surface area contributed by atoms with E-state index < -0.39 is 0 Å². The topological polar surface area (TPSA) is 49.3 Å². The summed E-state index contributed by atoms with van der Waals surface area (Å²) in [5.41, 5.74) is 4.01. The third kappa shape index (κ3) is 4.93. The Morgan fingerprint density at radius 3 is 2.30 bits per heavy atom. The van der Waals surface area contributed by atoms with Crippen LogP contribution in [0.4, 0.5) is 5.69 Å². The number of amides is 1. The van der Waals surface area contributed by atoms with Gasteiger partial charge >= 0.3 is 0 Å². The number of benzene rings is 2. The van der Waals surface area contributed by atoms with Crippen molar-refractivity contribution < 1.29 is 9.90 Å². The largest absolute Gasteiger partial charge is 0.392 e. The lowest BCUT2D eigenvalue weighted by Gasteiger charge is -2.19. The summed E-state index contributed by atoms with van der Waals surface area (Å²) in [5, 5.41) is 12.1. The second-order valence-corrected chi connectivity index (χ2v) is 6.81. The van der Waals surface area contributed by atoms with E-state index in [-0.39, 0.29) is 17.9 Å². The van der Waals surface area contributed by atoms with Crippen LogP contribution >= 0.6 is 0 Å². The molecule has 0 aliphatic rings. The van der Waals surface area contributed by atoms with Gasteiger partial charge in [0, 0.05) is 17.7 Å². The number of hydrogen-bond donors (Lipinski definition) is 2. The van der Waals surface area contributed by atoms with E-state index in [4.69, 9.17) is 0 Å². The highest BCUT2D eigenvalue weighted by molar-refractivity contribution is 5.91. The van der Waals surface area contributed by atoms with E-state index in [2.05, 4.69) is 50.4 Å². The minimum absolute atomic E-state index is 0.0363. The van der Waals surface area contributed by atoms with Gasteiger partial charge in [-0.25, -0.2) is 0 Å². The second-order valence-electron chi connectivity index (χ2n) is 6.81. The second kappa shape index (κ2) is 7.42. The van der Waals surface area contributed by atoms with Gasteiger partial charge in [-0.3, -0.25) is 4.79 Å². The number of nitrogens with one attached hydrogen (secondary N) is 1. The molecule has 0 spiro atoms. The van der Waals surface area contributed by atoms with Crippen LogP contribution in [-0.4, -0.2) is 11.0 Å². The molecule has 0 radical (unpaired) electrons. The van der Waals surface area contributed by atoms with Crippen molar-refractivity contribution in [3.63, 3.8) is 0 Å². The van der Waals surface area contributed by atoms with Crippen LogP contribution < -0.4 is 5.32 Å². The third-order valence-corrected chi connectivity index (χ3v) is 3.92. The first-order valence-corrected chi connectivity index (χ1v) is 7.98. The van der Waals surface area contributed by atoms with Crippen molar-refractivity contribution in [2.45, 2.75) is 45.6 Å². The zero-order chi connectivity index (χ0) is 16.9. The van der Waals surface area contributed by atoms with Gasteiger partial charge in [0.05, 0.1) is 6.61 Å². The predicted molar refractivity (Wildman–Crippen MR) is 94.5 cm³/mol. The average Bonchev–Trinajstić information content (AvgIpc) is 2.53. The van der Waals surface area contributed by atoms with E-state index in [1.807, 2.05) is 18.2 Å². The number of hydrogen-bond acceptors (Lipinski definition) is 2. The van der Waals surface area contributed by atoms with Crippen molar-refractivity contribution in [2.75, 3.05) is 5.32 Å². The zero-order valence-corrected chi connectivity index (χ0v) is 14.1. The molecule has 23 heavy (non-hydrogen) atoms. The van der Waals surface area contributed by atoms with Gasteiger partial charge in [-0.15, -0.1) is 0 Å². The molecule has 122 valence electrons. The minimum atomic E-state index is -0.0787. The molecule has 0 bridgehead atoms. The Kier molecular flexibility index (Phi) is 5.56. The number of aliphatic hydroxyl groups excluding tert-OH is 1. The lowest BCUT2D eigenvalue weighted by molar-refractivity contribution is -0.116. The van der Waals surface area contributed by atoms with Crippen LogP contribution in [0.3, 0.4) is 0 Å². The number of carbonyl (C=O) groups is 1. The van der Waals surface area contributed by atoms with Crippen molar-refractivity contribution in [2.24, 2.45) is 0 Å². The van der Waals surface area contributed by atoms with Gasteiger partial charge in [-0.2, -0.15) is 0 Å². The van der Waals surface area contributed by atoms with Crippen LogP contribution in [0.2, 0.25) is 0 Å². The van der Waals surface area contributed by atoms with Crippen molar-refractivity contribution in [3.8, 4) is 0 Å². The quantitative estimate of drug-likeness (QED) is 0.875. The number of rotatable bonds is 5. The number of anilines is 1. The fourth-order valence-electron chi connectivity index (χ4n) is 2.42. The highest BCUT2D eigenvalue weighted by Gasteiger charge is 2.13.